The Morgan fingerprint density at radius 3 is 2.72 bits per heavy atom. The quantitative estimate of drug-likeness (QED) is 0.370. The van der Waals surface area contributed by atoms with Crippen molar-refractivity contribution in [2.45, 2.75) is 76.9 Å². The smallest absolute Gasteiger partial charge is 0.303 e. The zero-order valence-electron chi connectivity index (χ0n) is 15.1. The Kier molecular flexibility index (Phi) is 10.3. The molecule has 142 valence electrons. The van der Waals surface area contributed by atoms with E-state index in [1.807, 2.05) is 12.2 Å². The number of unbranched alkanes of at least 4 members (excludes halogenated alkanes) is 3. The van der Waals surface area contributed by atoms with Crippen LogP contribution in [-0.4, -0.2) is 39.3 Å². The molecule has 3 N–H and O–H groups in total. The van der Waals surface area contributed by atoms with Crippen molar-refractivity contribution in [2.24, 2.45) is 11.8 Å². The lowest BCUT2D eigenvalue weighted by atomic mass is 9.90. The monoisotopic (exact) mass is 352 g/mol. The fourth-order valence-corrected chi connectivity index (χ4v) is 3.22. The molecule has 0 unspecified atom stereocenters. The van der Waals surface area contributed by atoms with Gasteiger partial charge in [0.2, 0.25) is 0 Å². The van der Waals surface area contributed by atoms with Crippen LogP contribution in [-0.2, 0) is 9.59 Å². The molecule has 0 amide bonds. The van der Waals surface area contributed by atoms with E-state index in [9.17, 15) is 19.8 Å². The molecule has 1 saturated carbocycles. The molecule has 0 aromatic rings. The number of aliphatic carboxylic acids is 1. The molecule has 0 radical (unpaired) electrons. The van der Waals surface area contributed by atoms with Crippen LogP contribution in [0, 0.1) is 11.8 Å². The molecule has 1 aliphatic carbocycles. The Bertz CT molecular complexity index is 469. The highest BCUT2D eigenvalue weighted by Gasteiger charge is 2.39. The highest BCUT2D eigenvalue weighted by atomic mass is 16.4. The molecular weight excluding hydrogens is 320 g/mol. The van der Waals surface area contributed by atoms with Gasteiger partial charge >= 0.3 is 5.97 Å². The maximum atomic E-state index is 12.1. The van der Waals surface area contributed by atoms with Gasteiger partial charge in [0, 0.05) is 24.7 Å². The first-order chi connectivity index (χ1) is 12.0. The van der Waals surface area contributed by atoms with Crippen molar-refractivity contribution in [3.05, 3.63) is 24.3 Å². The fraction of sp³-hybridized carbons (Fsp3) is 0.700. The van der Waals surface area contributed by atoms with Crippen LogP contribution in [0.15, 0.2) is 24.3 Å². The number of aliphatic hydroxyl groups excluding tert-OH is 2. The number of allylic oxidation sites excluding steroid dienone is 2. The number of Topliss-reactive ketones (excluding diaryl/α,β-unsaturated/α-hetero) is 1. The second kappa shape index (κ2) is 12.0. The Labute approximate surface area is 150 Å². The third-order valence-corrected chi connectivity index (χ3v) is 4.71. The second-order valence-corrected chi connectivity index (χ2v) is 6.86. The number of hydrogen-bond donors (Lipinski definition) is 3. The second-order valence-electron chi connectivity index (χ2n) is 6.86. The summed E-state index contributed by atoms with van der Waals surface area (Å²) in [6.07, 6.45) is 12.1. The number of carbonyl (C=O) groups is 2. The lowest BCUT2D eigenvalue weighted by molar-refractivity contribution is -0.137. The fourth-order valence-electron chi connectivity index (χ4n) is 3.22. The van der Waals surface area contributed by atoms with Crippen LogP contribution in [0.1, 0.15) is 64.7 Å². The van der Waals surface area contributed by atoms with E-state index in [4.69, 9.17) is 5.11 Å². The van der Waals surface area contributed by atoms with Crippen LogP contribution in [0.25, 0.3) is 0 Å². The summed E-state index contributed by atoms with van der Waals surface area (Å²) >= 11 is 0. The van der Waals surface area contributed by atoms with Crippen LogP contribution in [0.4, 0.5) is 0 Å². The molecule has 0 spiro atoms. The molecule has 1 rings (SSSR count). The molecule has 1 aliphatic rings. The molecule has 0 aromatic heterocycles. The standard InChI is InChI=1S/C20H32O5/c1-2-3-6-9-15(21)12-13-17-16(18(22)14-19(17)23)10-7-4-5-8-11-20(24)25/h4,7,12-13,15-17,19,21,23H,2-3,5-6,8-11,14H2,1H3,(H,24,25)/b7-4+,13-12-/t15-,16-,17-,19+/m1/s1. The number of carboxylic acids is 1. The largest absolute Gasteiger partial charge is 0.481 e. The number of ketones is 1. The average Bonchev–Trinajstić information content (AvgIpc) is 2.82. The summed E-state index contributed by atoms with van der Waals surface area (Å²) in [4.78, 5) is 22.5. The van der Waals surface area contributed by atoms with Gasteiger partial charge in [0.25, 0.3) is 0 Å². The molecule has 0 saturated heterocycles. The van der Waals surface area contributed by atoms with E-state index in [-0.39, 0.29) is 30.5 Å². The maximum Gasteiger partial charge on any atom is 0.303 e. The van der Waals surface area contributed by atoms with Crippen LogP contribution in [0.2, 0.25) is 0 Å². The summed E-state index contributed by atoms with van der Waals surface area (Å²) < 4.78 is 0. The van der Waals surface area contributed by atoms with Gasteiger partial charge in [-0.2, -0.15) is 0 Å². The van der Waals surface area contributed by atoms with Crippen LogP contribution in [0.3, 0.4) is 0 Å². The van der Waals surface area contributed by atoms with Gasteiger partial charge in [-0.25, -0.2) is 0 Å². The number of carboxylic acid groups (broad SMARTS) is 1. The van der Waals surface area contributed by atoms with E-state index in [0.717, 1.165) is 19.3 Å². The van der Waals surface area contributed by atoms with Crippen molar-refractivity contribution in [2.75, 3.05) is 0 Å². The summed E-state index contributed by atoms with van der Waals surface area (Å²) in [5.41, 5.74) is 0. The summed E-state index contributed by atoms with van der Waals surface area (Å²) in [5.74, 6) is -1.26. The van der Waals surface area contributed by atoms with Gasteiger partial charge < -0.3 is 15.3 Å². The third kappa shape index (κ3) is 8.45. The summed E-state index contributed by atoms with van der Waals surface area (Å²) in [6.45, 7) is 2.11. The van der Waals surface area contributed by atoms with Crippen molar-refractivity contribution in [1.82, 2.24) is 0 Å². The number of hydrogen-bond acceptors (Lipinski definition) is 4. The van der Waals surface area contributed by atoms with Crippen molar-refractivity contribution in [3.8, 4) is 0 Å². The predicted molar refractivity (Wildman–Crippen MR) is 97.1 cm³/mol. The number of aliphatic hydroxyl groups is 2. The molecule has 5 heteroatoms. The summed E-state index contributed by atoms with van der Waals surface area (Å²) in [5, 5.41) is 28.7. The molecule has 25 heavy (non-hydrogen) atoms. The van der Waals surface area contributed by atoms with Crippen LogP contribution < -0.4 is 0 Å². The SMILES string of the molecule is CCCCC[C@@H](O)/C=C\[C@H]1[C@@H](O)CC(=O)[C@@H]1C/C=C/CCCC(=O)O. The number of rotatable bonds is 12. The van der Waals surface area contributed by atoms with E-state index < -0.39 is 18.2 Å². The highest BCUT2D eigenvalue weighted by Crippen LogP contribution is 2.33. The van der Waals surface area contributed by atoms with Gasteiger partial charge in [-0.05, 0) is 25.7 Å². The predicted octanol–water partition coefficient (Wildman–Crippen LogP) is 3.25. The van der Waals surface area contributed by atoms with E-state index in [0.29, 0.717) is 25.7 Å². The normalized spacial score (nSPS) is 25.2. The lowest BCUT2D eigenvalue weighted by Crippen LogP contribution is -2.18. The van der Waals surface area contributed by atoms with Crippen molar-refractivity contribution >= 4 is 11.8 Å². The minimum Gasteiger partial charge on any atom is -0.481 e. The first-order valence-corrected chi connectivity index (χ1v) is 9.39. The minimum absolute atomic E-state index is 0.0535. The van der Waals surface area contributed by atoms with Gasteiger partial charge in [-0.1, -0.05) is 50.5 Å². The zero-order valence-corrected chi connectivity index (χ0v) is 15.1. The van der Waals surface area contributed by atoms with E-state index >= 15 is 0 Å². The van der Waals surface area contributed by atoms with E-state index in [1.165, 1.54) is 0 Å². The molecule has 0 aliphatic heterocycles. The topological polar surface area (TPSA) is 94.8 Å². The summed E-state index contributed by atoms with van der Waals surface area (Å²) in [7, 11) is 0. The van der Waals surface area contributed by atoms with Crippen molar-refractivity contribution < 1.29 is 24.9 Å². The molecule has 1 fully saturated rings. The van der Waals surface area contributed by atoms with Gasteiger partial charge in [0.15, 0.2) is 0 Å². The molecule has 0 aromatic carbocycles. The minimum atomic E-state index is -0.801. The first kappa shape index (κ1) is 21.6. The Hall–Kier alpha value is -1.46. The van der Waals surface area contributed by atoms with E-state index in [1.54, 1.807) is 12.2 Å². The Balaban J connectivity index is 2.48. The highest BCUT2D eigenvalue weighted by molar-refractivity contribution is 5.84. The van der Waals surface area contributed by atoms with Gasteiger partial charge in [-0.3, -0.25) is 9.59 Å². The molecule has 0 bridgehead atoms. The molecule has 0 heterocycles. The number of carbonyl (C=O) groups excluding carboxylic acids is 1. The molecule has 4 atom stereocenters. The van der Waals surface area contributed by atoms with Crippen LogP contribution in [0.5, 0.6) is 0 Å². The maximum absolute atomic E-state index is 12.1. The average molecular weight is 352 g/mol. The van der Waals surface area contributed by atoms with Crippen molar-refractivity contribution in [3.63, 3.8) is 0 Å². The Morgan fingerprint density at radius 2 is 2.04 bits per heavy atom. The summed E-state index contributed by atoms with van der Waals surface area (Å²) in [6, 6.07) is 0. The lowest BCUT2D eigenvalue weighted by Gasteiger charge is -2.16. The Morgan fingerprint density at radius 1 is 1.28 bits per heavy atom. The molecular formula is C20H32O5. The first-order valence-electron chi connectivity index (χ1n) is 9.39. The van der Waals surface area contributed by atoms with Gasteiger partial charge in [-0.15, -0.1) is 0 Å². The van der Waals surface area contributed by atoms with Crippen LogP contribution >= 0.6 is 0 Å². The zero-order chi connectivity index (χ0) is 18.7. The van der Waals surface area contributed by atoms with Gasteiger partial charge in [0.1, 0.15) is 5.78 Å². The van der Waals surface area contributed by atoms with E-state index in [2.05, 4.69) is 6.92 Å². The van der Waals surface area contributed by atoms with Gasteiger partial charge in [0.05, 0.1) is 12.2 Å². The molecule has 5 nitrogen and oxygen atoms in total. The third-order valence-electron chi connectivity index (χ3n) is 4.71. The van der Waals surface area contributed by atoms with Crippen molar-refractivity contribution in [1.29, 1.82) is 0 Å².